The van der Waals surface area contributed by atoms with Crippen LogP contribution in [0.15, 0.2) is 18.2 Å². The van der Waals surface area contributed by atoms with Crippen molar-refractivity contribution in [3.05, 3.63) is 28.8 Å². The summed E-state index contributed by atoms with van der Waals surface area (Å²) in [6.07, 6.45) is 4.63. The molecule has 0 radical (unpaired) electrons. The Hall–Kier alpha value is -1.79. The number of ether oxygens (including phenoxy) is 1. The number of rotatable bonds is 5. The third-order valence-corrected chi connectivity index (χ3v) is 4.78. The van der Waals surface area contributed by atoms with Crippen LogP contribution < -0.4 is 5.32 Å². The lowest BCUT2D eigenvalue weighted by Crippen LogP contribution is -2.35. The summed E-state index contributed by atoms with van der Waals surface area (Å²) in [5.74, 6) is 0.0230. The van der Waals surface area contributed by atoms with Crippen LogP contribution in [0.3, 0.4) is 0 Å². The Morgan fingerprint density at radius 1 is 1.22 bits per heavy atom. The third-order valence-electron chi connectivity index (χ3n) is 4.43. The van der Waals surface area contributed by atoms with Gasteiger partial charge in [-0.05, 0) is 51.3 Å². The van der Waals surface area contributed by atoms with Gasteiger partial charge in [-0.3, -0.25) is 14.9 Å². The molecule has 2 rings (SSSR count). The maximum absolute atomic E-state index is 12.7. The predicted molar refractivity (Wildman–Crippen MR) is 105 cm³/mol. The molecule has 0 bridgehead atoms. The normalized spacial score (nSPS) is 15.3. The second kappa shape index (κ2) is 9.42. The lowest BCUT2D eigenvalue weighted by molar-refractivity contribution is -0.185. The largest absolute Gasteiger partial charge is 0.444 e. The van der Waals surface area contributed by atoms with E-state index in [4.69, 9.17) is 21.2 Å². The molecule has 1 aromatic carbocycles. The predicted octanol–water partition coefficient (Wildman–Crippen LogP) is 5.16. The number of amides is 2. The summed E-state index contributed by atoms with van der Waals surface area (Å²) < 4.78 is 5.23. The van der Waals surface area contributed by atoms with Crippen molar-refractivity contribution < 1.29 is 19.2 Å². The van der Waals surface area contributed by atoms with E-state index in [0.29, 0.717) is 10.7 Å². The van der Waals surface area contributed by atoms with Crippen LogP contribution in [0.4, 0.5) is 10.5 Å². The van der Waals surface area contributed by atoms with Gasteiger partial charge in [0.25, 0.3) is 0 Å². The molecule has 7 heteroatoms. The van der Waals surface area contributed by atoms with Gasteiger partial charge in [0.05, 0.1) is 13.7 Å². The van der Waals surface area contributed by atoms with Crippen LogP contribution in [0, 0.1) is 5.92 Å². The minimum atomic E-state index is -0.577. The van der Waals surface area contributed by atoms with Crippen LogP contribution >= 0.6 is 11.6 Å². The first-order valence-corrected chi connectivity index (χ1v) is 9.71. The van der Waals surface area contributed by atoms with Gasteiger partial charge in [0.1, 0.15) is 5.60 Å². The van der Waals surface area contributed by atoms with Gasteiger partial charge in [0.15, 0.2) is 0 Å². The molecular weight excluding hydrogens is 368 g/mol. The number of carbonyl (C=O) groups excluding carboxylic acids is 2. The zero-order chi connectivity index (χ0) is 20.0. The average Bonchev–Trinajstić information content (AvgIpc) is 2.59. The zero-order valence-corrected chi connectivity index (χ0v) is 17.3. The van der Waals surface area contributed by atoms with Crippen LogP contribution in [0.2, 0.25) is 5.02 Å². The molecule has 0 spiro atoms. The highest BCUT2D eigenvalue weighted by atomic mass is 35.5. The Morgan fingerprint density at radius 3 is 2.44 bits per heavy atom. The van der Waals surface area contributed by atoms with E-state index in [2.05, 4.69) is 5.32 Å². The van der Waals surface area contributed by atoms with E-state index in [1.807, 2.05) is 0 Å². The van der Waals surface area contributed by atoms with Gasteiger partial charge in [-0.15, -0.1) is 0 Å². The summed E-state index contributed by atoms with van der Waals surface area (Å²) in [6, 6.07) is 5.14. The first-order chi connectivity index (χ1) is 12.7. The summed E-state index contributed by atoms with van der Waals surface area (Å²) >= 11 is 6.35. The average molecular weight is 397 g/mol. The smallest absolute Gasteiger partial charge is 0.412 e. The maximum Gasteiger partial charge on any atom is 0.412 e. The fraction of sp³-hybridized carbons (Fsp3) is 0.600. The van der Waals surface area contributed by atoms with E-state index in [9.17, 15) is 9.59 Å². The Bertz CT molecular complexity index is 666. The fourth-order valence-electron chi connectivity index (χ4n) is 3.12. The van der Waals surface area contributed by atoms with Crippen molar-refractivity contribution in [3.8, 4) is 0 Å². The van der Waals surface area contributed by atoms with Gasteiger partial charge in [-0.25, -0.2) is 9.86 Å². The van der Waals surface area contributed by atoms with Gasteiger partial charge in [-0.1, -0.05) is 36.9 Å². The summed E-state index contributed by atoms with van der Waals surface area (Å²) in [7, 11) is 1.49. The summed E-state index contributed by atoms with van der Waals surface area (Å²) in [4.78, 5) is 29.8. The number of benzene rings is 1. The molecule has 0 aromatic heterocycles. The lowest BCUT2D eigenvalue weighted by Gasteiger charge is -2.27. The second-order valence-electron chi connectivity index (χ2n) is 7.83. The van der Waals surface area contributed by atoms with Gasteiger partial charge < -0.3 is 4.74 Å². The molecule has 1 N–H and O–H groups in total. The molecule has 0 unspecified atom stereocenters. The van der Waals surface area contributed by atoms with E-state index in [1.54, 1.807) is 39.0 Å². The molecule has 0 saturated heterocycles. The van der Waals surface area contributed by atoms with Gasteiger partial charge in [0.2, 0.25) is 5.91 Å². The van der Waals surface area contributed by atoms with Crippen molar-refractivity contribution in [2.75, 3.05) is 12.4 Å². The first-order valence-electron chi connectivity index (χ1n) is 9.33. The monoisotopic (exact) mass is 396 g/mol. The Labute approximate surface area is 166 Å². The highest BCUT2D eigenvalue weighted by molar-refractivity contribution is 6.31. The van der Waals surface area contributed by atoms with Crippen LogP contribution in [-0.2, 0) is 20.9 Å². The highest BCUT2D eigenvalue weighted by Gasteiger charge is 2.27. The third kappa shape index (κ3) is 6.70. The molecule has 0 aliphatic heterocycles. The molecule has 1 aromatic rings. The Kier molecular flexibility index (Phi) is 7.50. The van der Waals surface area contributed by atoms with E-state index >= 15 is 0 Å². The van der Waals surface area contributed by atoms with E-state index in [-0.39, 0.29) is 18.4 Å². The molecule has 1 aliphatic carbocycles. The molecule has 1 aliphatic rings. The van der Waals surface area contributed by atoms with E-state index < -0.39 is 11.7 Å². The maximum atomic E-state index is 12.7. The number of nitrogens with zero attached hydrogens (tertiary/aromatic N) is 1. The van der Waals surface area contributed by atoms with Crippen molar-refractivity contribution in [2.45, 2.75) is 65.0 Å². The van der Waals surface area contributed by atoms with Crippen molar-refractivity contribution in [3.63, 3.8) is 0 Å². The van der Waals surface area contributed by atoms with Gasteiger partial charge in [0, 0.05) is 16.6 Å². The van der Waals surface area contributed by atoms with Crippen LogP contribution in [0.5, 0.6) is 0 Å². The van der Waals surface area contributed by atoms with E-state index in [1.165, 1.54) is 18.6 Å². The molecule has 2 amide bonds. The molecule has 27 heavy (non-hydrogen) atoms. The molecule has 150 valence electrons. The number of nitrogens with one attached hydrogen (secondary N) is 1. The highest BCUT2D eigenvalue weighted by Crippen LogP contribution is 2.28. The Morgan fingerprint density at radius 2 is 1.89 bits per heavy atom. The zero-order valence-electron chi connectivity index (χ0n) is 16.5. The second-order valence-corrected chi connectivity index (χ2v) is 8.23. The number of carbonyl (C=O) groups is 2. The fourth-order valence-corrected chi connectivity index (χ4v) is 3.36. The molecule has 1 saturated carbocycles. The topological polar surface area (TPSA) is 67.9 Å². The molecular formula is C20H29ClN2O4. The number of hydrogen-bond acceptors (Lipinski definition) is 4. The standard InChI is InChI=1S/C20H29ClN2O4/c1-20(2,3)27-19(25)22-16-11-10-15(17(21)12-16)13-23(26-4)18(24)14-8-6-5-7-9-14/h10-12,14H,5-9,13H2,1-4H3,(H,22,25). The first kappa shape index (κ1) is 21.5. The van der Waals surface area contributed by atoms with E-state index in [0.717, 1.165) is 31.2 Å². The number of anilines is 1. The number of halogens is 1. The summed E-state index contributed by atoms with van der Waals surface area (Å²) in [5, 5.41) is 4.47. The molecule has 0 atom stereocenters. The van der Waals surface area contributed by atoms with Gasteiger partial charge >= 0.3 is 6.09 Å². The molecule has 6 nitrogen and oxygen atoms in total. The van der Waals surface area contributed by atoms with Crippen molar-refractivity contribution in [1.82, 2.24) is 5.06 Å². The number of hydrogen-bond donors (Lipinski definition) is 1. The van der Waals surface area contributed by atoms with Crippen LogP contribution in [0.25, 0.3) is 0 Å². The van der Waals surface area contributed by atoms with Gasteiger partial charge in [-0.2, -0.15) is 0 Å². The summed E-state index contributed by atoms with van der Waals surface area (Å²) in [5.41, 5.74) is 0.699. The minimum absolute atomic E-state index is 0.00391. The van der Waals surface area contributed by atoms with Crippen molar-refractivity contribution >= 4 is 29.3 Å². The SMILES string of the molecule is CON(Cc1ccc(NC(=O)OC(C)(C)C)cc1Cl)C(=O)C1CCCCC1. The lowest BCUT2D eigenvalue weighted by atomic mass is 9.88. The minimum Gasteiger partial charge on any atom is -0.444 e. The summed E-state index contributed by atoms with van der Waals surface area (Å²) in [6.45, 7) is 5.65. The van der Waals surface area contributed by atoms with Crippen molar-refractivity contribution in [1.29, 1.82) is 0 Å². The van der Waals surface area contributed by atoms with Crippen LogP contribution in [0.1, 0.15) is 58.4 Å². The molecule has 0 heterocycles. The van der Waals surface area contributed by atoms with Crippen molar-refractivity contribution in [2.24, 2.45) is 5.92 Å². The Balaban J connectivity index is 2.01. The number of hydroxylamine groups is 2. The quantitative estimate of drug-likeness (QED) is 0.698. The van der Waals surface area contributed by atoms with Crippen LogP contribution in [-0.4, -0.2) is 29.8 Å². The molecule has 1 fully saturated rings.